The Hall–Kier alpha value is -2.65. The molecule has 0 bridgehead atoms. The Kier molecular flexibility index (Phi) is 8.41. The van der Waals surface area contributed by atoms with E-state index in [1.54, 1.807) is 19.2 Å². The van der Waals surface area contributed by atoms with Crippen LogP contribution in [0.15, 0.2) is 24.3 Å². The average molecular weight is 410 g/mol. The number of hydrogen-bond acceptors (Lipinski definition) is 9. The number of carbonyl (C=O) groups excluding carboxylic acids is 3. The summed E-state index contributed by atoms with van der Waals surface area (Å²) in [6, 6.07) is 7.22. The van der Waals surface area contributed by atoms with Crippen molar-refractivity contribution in [3.05, 3.63) is 29.8 Å². The van der Waals surface area contributed by atoms with Crippen LogP contribution in [-0.4, -0.2) is 56.2 Å². The third kappa shape index (κ3) is 7.35. The van der Waals surface area contributed by atoms with Crippen LogP contribution in [0.3, 0.4) is 0 Å². The van der Waals surface area contributed by atoms with Crippen LogP contribution >= 0.6 is 0 Å². The van der Waals surface area contributed by atoms with Crippen LogP contribution in [0.1, 0.15) is 32.8 Å². The summed E-state index contributed by atoms with van der Waals surface area (Å²) in [4.78, 5) is 34.3. The highest BCUT2D eigenvalue weighted by Crippen LogP contribution is 2.28. The quantitative estimate of drug-likeness (QED) is 0.468. The molecule has 1 fully saturated rings. The molecule has 0 amide bonds. The first kappa shape index (κ1) is 22.6. The molecule has 1 aromatic rings. The van der Waals surface area contributed by atoms with Crippen LogP contribution in [0, 0.1) is 0 Å². The molecule has 0 N–H and O–H groups in total. The molecule has 0 aromatic heterocycles. The minimum atomic E-state index is -0.931. The molecule has 0 saturated carbocycles. The Labute approximate surface area is 169 Å². The predicted octanol–water partition coefficient (Wildman–Crippen LogP) is 1.75. The number of hydrogen-bond donors (Lipinski definition) is 0. The van der Waals surface area contributed by atoms with E-state index in [-0.39, 0.29) is 13.0 Å². The van der Waals surface area contributed by atoms with Crippen LogP contribution in [0.4, 0.5) is 0 Å². The fourth-order valence-corrected chi connectivity index (χ4v) is 2.96. The zero-order valence-corrected chi connectivity index (χ0v) is 16.9. The molecular weight excluding hydrogens is 384 g/mol. The minimum absolute atomic E-state index is 0.133. The molecule has 1 aliphatic rings. The summed E-state index contributed by atoms with van der Waals surface area (Å²) < 4.78 is 32.4. The standard InChI is InChI=1S/C20H26O9/c1-12(21)25-11-18-20(27-14(3)23)17(26-13(2)22)9-19(29-18)28-16-7-5-15(6-8-16)10-24-4/h5-8,17-20H,9-11H2,1-4H3. The molecule has 1 saturated heterocycles. The van der Waals surface area contributed by atoms with Crippen molar-refractivity contribution in [3.8, 4) is 5.75 Å². The summed E-state index contributed by atoms with van der Waals surface area (Å²) in [5, 5.41) is 0. The lowest BCUT2D eigenvalue weighted by Crippen LogP contribution is -2.54. The molecule has 4 atom stereocenters. The fourth-order valence-electron chi connectivity index (χ4n) is 2.96. The first-order valence-corrected chi connectivity index (χ1v) is 9.16. The Bertz CT molecular complexity index is 700. The number of rotatable bonds is 8. The van der Waals surface area contributed by atoms with E-state index in [1.165, 1.54) is 20.8 Å². The van der Waals surface area contributed by atoms with Gasteiger partial charge in [0, 0.05) is 27.9 Å². The third-order valence-electron chi connectivity index (χ3n) is 4.06. The van der Waals surface area contributed by atoms with Crippen molar-refractivity contribution in [2.45, 2.75) is 58.4 Å². The molecule has 0 spiro atoms. The number of methoxy groups -OCH3 is 1. The van der Waals surface area contributed by atoms with Gasteiger partial charge >= 0.3 is 17.9 Å². The molecule has 0 aliphatic carbocycles. The zero-order valence-electron chi connectivity index (χ0n) is 16.9. The maximum atomic E-state index is 11.5. The van der Waals surface area contributed by atoms with Gasteiger partial charge in [-0.2, -0.15) is 0 Å². The summed E-state index contributed by atoms with van der Waals surface area (Å²) in [7, 11) is 1.61. The van der Waals surface area contributed by atoms with Gasteiger partial charge in [-0.15, -0.1) is 0 Å². The normalized spacial score (nSPS) is 23.7. The molecule has 9 nitrogen and oxygen atoms in total. The van der Waals surface area contributed by atoms with Crippen molar-refractivity contribution in [1.82, 2.24) is 0 Å². The van der Waals surface area contributed by atoms with Gasteiger partial charge in [0.1, 0.15) is 24.6 Å². The van der Waals surface area contributed by atoms with Gasteiger partial charge in [-0.1, -0.05) is 12.1 Å². The topological polar surface area (TPSA) is 107 Å². The van der Waals surface area contributed by atoms with Gasteiger partial charge in [-0.05, 0) is 17.7 Å². The average Bonchev–Trinajstić information content (AvgIpc) is 2.63. The van der Waals surface area contributed by atoms with Crippen LogP contribution < -0.4 is 4.74 Å². The minimum Gasteiger partial charge on any atom is -0.465 e. The Morgan fingerprint density at radius 3 is 2.21 bits per heavy atom. The van der Waals surface area contributed by atoms with Gasteiger partial charge in [0.05, 0.1) is 13.0 Å². The smallest absolute Gasteiger partial charge is 0.303 e. The number of carbonyl (C=O) groups is 3. The summed E-state index contributed by atoms with van der Waals surface area (Å²) in [5.41, 5.74) is 0.977. The maximum absolute atomic E-state index is 11.5. The van der Waals surface area contributed by atoms with E-state index in [2.05, 4.69) is 0 Å². The monoisotopic (exact) mass is 410 g/mol. The Morgan fingerprint density at radius 1 is 1.00 bits per heavy atom. The van der Waals surface area contributed by atoms with E-state index in [9.17, 15) is 14.4 Å². The predicted molar refractivity (Wildman–Crippen MR) is 98.8 cm³/mol. The van der Waals surface area contributed by atoms with Gasteiger partial charge in [-0.25, -0.2) is 0 Å². The lowest BCUT2D eigenvalue weighted by molar-refractivity contribution is -0.245. The van der Waals surface area contributed by atoms with E-state index >= 15 is 0 Å². The Balaban J connectivity index is 2.16. The molecule has 1 aliphatic heterocycles. The highest BCUT2D eigenvalue weighted by molar-refractivity contribution is 5.67. The van der Waals surface area contributed by atoms with E-state index < -0.39 is 42.5 Å². The van der Waals surface area contributed by atoms with Crippen molar-refractivity contribution in [1.29, 1.82) is 0 Å². The van der Waals surface area contributed by atoms with Crippen LogP contribution in [0.5, 0.6) is 5.75 Å². The SMILES string of the molecule is COCc1ccc(OC2CC(OC(C)=O)C(OC(C)=O)C(COC(C)=O)O2)cc1. The molecule has 9 heteroatoms. The van der Waals surface area contributed by atoms with Gasteiger partial charge < -0.3 is 28.4 Å². The molecule has 4 unspecified atom stereocenters. The van der Waals surface area contributed by atoms with Crippen LogP contribution in [-0.2, 0) is 44.7 Å². The molecule has 0 radical (unpaired) electrons. The van der Waals surface area contributed by atoms with Crippen LogP contribution in [0.2, 0.25) is 0 Å². The highest BCUT2D eigenvalue weighted by atomic mass is 16.7. The molecule has 1 heterocycles. The van der Waals surface area contributed by atoms with Crippen molar-refractivity contribution in [2.75, 3.05) is 13.7 Å². The van der Waals surface area contributed by atoms with Gasteiger partial charge in [0.15, 0.2) is 6.10 Å². The van der Waals surface area contributed by atoms with Crippen molar-refractivity contribution >= 4 is 17.9 Å². The highest BCUT2D eigenvalue weighted by Gasteiger charge is 2.44. The van der Waals surface area contributed by atoms with Gasteiger partial charge in [-0.3, -0.25) is 14.4 Å². The molecule has 2 rings (SSSR count). The maximum Gasteiger partial charge on any atom is 0.303 e. The molecule has 29 heavy (non-hydrogen) atoms. The lowest BCUT2D eigenvalue weighted by atomic mass is 10.0. The summed E-state index contributed by atoms with van der Waals surface area (Å²) in [5.74, 6) is -1.09. The molecular formula is C20H26O9. The molecule has 160 valence electrons. The number of benzene rings is 1. The second kappa shape index (κ2) is 10.8. The lowest BCUT2D eigenvalue weighted by Gasteiger charge is -2.39. The van der Waals surface area contributed by atoms with Crippen molar-refractivity contribution in [3.63, 3.8) is 0 Å². The van der Waals surface area contributed by atoms with Crippen molar-refractivity contribution < 1.29 is 42.8 Å². The molecule has 1 aromatic carbocycles. The summed E-state index contributed by atoms with van der Waals surface area (Å²) >= 11 is 0. The largest absolute Gasteiger partial charge is 0.465 e. The van der Waals surface area contributed by atoms with E-state index in [0.29, 0.717) is 12.4 Å². The van der Waals surface area contributed by atoms with Crippen LogP contribution in [0.25, 0.3) is 0 Å². The van der Waals surface area contributed by atoms with Crippen molar-refractivity contribution in [2.24, 2.45) is 0 Å². The second-order valence-electron chi connectivity index (χ2n) is 6.56. The van der Waals surface area contributed by atoms with Gasteiger partial charge in [0.2, 0.25) is 6.29 Å². The van der Waals surface area contributed by atoms with E-state index in [0.717, 1.165) is 5.56 Å². The van der Waals surface area contributed by atoms with E-state index in [4.69, 9.17) is 28.4 Å². The summed E-state index contributed by atoms with van der Waals surface area (Å²) in [6.07, 6.45) is -3.28. The zero-order chi connectivity index (χ0) is 21.4. The number of esters is 3. The van der Waals surface area contributed by atoms with E-state index in [1.807, 2.05) is 12.1 Å². The summed E-state index contributed by atoms with van der Waals surface area (Å²) in [6.45, 7) is 4.04. The van der Waals surface area contributed by atoms with Gasteiger partial charge in [0.25, 0.3) is 0 Å². The first-order chi connectivity index (χ1) is 13.8. The first-order valence-electron chi connectivity index (χ1n) is 9.16. The number of ether oxygens (including phenoxy) is 6. The second-order valence-corrected chi connectivity index (χ2v) is 6.56. The fraction of sp³-hybridized carbons (Fsp3) is 0.550. The Morgan fingerprint density at radius 2 is 1.66 bits per heavy atom. The third-order valence-corrected chi connectivity index (χ3v) is 4.06.